The number of carbonyl (C=O) groups is 1. The van der Waals surface area contributed by atoms with Gasteiger partial charge in [-0.3, -0.25) is 13.9 Å². The summed E-state index contributed by atoms with van der Waals surface area (Å²) >= 11 is 0. The molecule has 6 atom stereocenters. The molecule has 6 unspecified atom stereocenters. The molecule has 1 aliphatic heterocycles. The van der Waals surface area contributed by atoms with E-state index in [1.165, 1.54) is 17.8 Å². The minimum atomic E-state index is -4.29. The number of aliphatic hydroxyl groups excluding tert-OH is 1. The van der Waals surface area contributed by atoms with Crippen LogP contribution in [-0.4, -0.2) is 75.2 Å². The molecule has 16 nitrogen and oxygen atoms in total. The Morgan fingerprint density at radius 3 is 2.58 bits per heavy atom. The summed E-state index contributed by atoms with van der Waals surface area (Å²) in [5.74, 6) is -0.0446. The molecule has 17 heteroatoms. The third kappa shape index (κ3) is 8.58. The van der Waals surface area contributed by atoms with Crippen molar-refractivity contribution in [1.82, 2.24) is 24.6 Å². The number of aromatic nitrogens is 4. The third-order valence-corrected chi connectivity index (χ3v) is 9.83. The van der Waals surface area contributed by atoms with Crippen molar-refractivity contribution in [2.45, 2.75) is 84.8 Å². The van der Waals surface area contributed by atoms with E-state index in [1.54, 1.807) is 44.2 Å². The van der Waals surface area contributed by atoms with Crippen molar-refractivity contribution in [3.8, 4) is 11.6 Å². The van der Waals surface area contributed by atoms with E-state index in [9.17, 15) is 19.9 Å². The predicted octanol–water partition coefficient (Wildman–Crippen LogP) is 4.87. The van der Waals surface area contributed by atoms with Crippen LogP contribution in [-0.2, 0) is 23.4 Å². The zero-order chi connectivity index (χ0) is 34.9. The lowest BCUT2D eigenvalue weighted by atomic mass is 9.82. The van der Waals surface area contributed by atoms with Crippen molar-refractivity contribution in [2.24, 2.45) is 11.3 Å². The van der Waals surface area contributed by atoms with Crippen LogP contribution in [0.2, 0.25) is 0 Å². The van der Waals surface area contributed by atoms with E-state index in [2.05, 4.69) is 38.9 Å². The van der Waals surface area contributed by atoms with Gasteiger partial charge < -0.3 is 29.6 Å². The molecular formula is C31H46N8O8P+. The second kappa shape index (κ2) is 16.5. The molecule has 0 radical (unpaired) electrons. The molecule has 4 rings (SSSR count). The zero-order valence-corrected chi connectivity index (χ0v) is 28.9. The molecule has 0 spiro atoms. The third-order valence-electron chi connectivity index (χ3n) is 8.19. The summed E-state index contributed by atoms with van der Waals surface area (Å²) in [5.41, 5.74) is 5.28. The molecule has 4 N–H and O–H groups in total. The van der Waals surface area contributed by atoms with Crippen molar-refractivity contribution in [1.29, 1.82) is 5.39 Å². The molecule has 1 aliphatic rings. The Kier molecular flexibility index (Phi) is 12.7. The monoisotopic (exact) mass is 689 g/mol. The zero-order valence-electron chi connectivity index (χ0n) is 28.0. The molecule has 0 bridgehead atoms. The molecule has 262 valence electrons. The van der Waals surface area contributed by atoms with Gasteiger partial charge in [0.05, 0.1) is 32.3 Å². The second-order valence-electron chi connectivity index (χ2n) is 12.0. The number of ether oxygens (including phenoxy) is 3. The lowest BCUT2D eigenvalue weighted by molar-refractivity contribution is -0.146. The van der Waals surface area contributed by atoms with Gasteiger partial charge >= 0.3 is 20.3 Å². The number of diazo groups is 1. The first kappa shape index (κ1) is 37.0. The Morgan fingerprint density at radius 2 is 1.94 bits per heavy atom. The number of anilines is 1. The van der Waals surface area contributed by atoms with Gasteiger partial charge in [0.15, 0.2) is 17.4 Å². The quantitative estimate of drug-likeness (QED) is 0.0925. The number of nitrogens with zero attached hydrogens (tertiary/aromatic N) is 6. The van der Waals surface area contributed by atoms with Gasteiger partial charge in [0.25, 0.3) is 0 Å². The largest absolute Gasteiger partial charge is 0.476 e. The minimum absolute atomic E-state index is 0.0661. The Balaban J connectivity index is 1.56. The van der Waals surface area contributed by atoms with E-state index in [1.807, 2.05) is 0 Å². The molecule has 1 saturated heterocycles. The lowest BCUT2D eigenvalue weighted by Crippen LogP contribution is -2.41. The number of aliphatic hydroxyl groups is 1. The van der Waals surface area contributed by atoms with E-state index in [-0.39, 0.29) is 42.3 Å². The van der Waals surface area contributed by atoms with Gasteiger partial charge in [-0.2, -0.15) is 15.1 Å². The Morgan fingerprint density at radius 1 is 1.23 bits per heavy atom. The minimum Gasteiger partial charge on any atom is -0.476 e. The van der Waals surface area contributed by atoms with Gasteiger partial charge in [0.2, 0.25) is 17.2 Å². The fourth-order valence-corrected chi connectivity index (χ4v) is 7.25. The molecule has 3 heterocycles. The number of nitrogens with one attached hydrogen (secondary N) is 1. The topological polar surface area (TPSA) is 210 Å². The van der Waals surface area contributed by atoms with Crippen LogP contribution >= 0.6 is 7.75 Å². The van der Waals surface area contributed by atoms with Crippen LogP contribution in [0.1, 0.15) is 66.5 Å². The van der Waals surface area contributed by atoms with Gasteiger partial charge in [0, 0.05) is 0 Å². The molecule has 2 aromatic heterocycles. The maximum absolute atomic E-state index is 14.2. The summed E-state index contributed by atoms with van der Waals surface area (Å²) < 4.78 is 44.8. The number of rotatable bonds is 18. The number of carbonyl (C=O) groups excluding carboxylic acids is 1. The molecule has 1 aromatic carbocycles. The van der Waals surface area contributed by atoms with E-state index in [4.69, 9.17) is 29.0 Å². The summed E-state index contributed by atoms with van der Waals surface area (Å²) in [5, 5.41) is 23.8. The molecule has 0 amide bonds. The molecular weight excluding hydrogens is 643 g/mol. The Bertz CT molecular complexity index is 1600. The van der Waals surface area contributed by atoms with E-state index >= 15 is 0 Å². The fourth-order valence-electron chi connectivity index (χ4n) is 5.74. The summed E-state index contributed by atoms with van der Waals surface area (Å²) in [6.07, 6.45) is 1.82. The lowest BCUT2D eigenvalue weighted by Gasteiger charge is -2.26. The number of esters is 1. The van der Waals surface area contributed by atoms with E-state index < -0.39 is 50.2 Å². The number of hydrogen-bond donors (Lipinski definition) is 3. The van der Waals surface area contributed by atoms with Crippen LogP contribution in [0.5, 0.6) is 11.6 Å². The smallest absolute Gasteiger partial charge is 0.459 e. The SMILES string of the molecule is CCCC(CCC)COC(=O)C(C)NP(=O)(OCC1OC(n2cnc3c(OCC)nc(N)nc32)C(C)(C[N+]#N)C1O)Oc1ccccc1. The molecule has 48 heavy (non-hydrogen) atoms. The number of hydrogen-bond acceptors (Lipinski definition) is 13. The summed E-state index contributed by atoms with van der Waals surface area (Å²) in [7, 11) is -4.29. The first-order valence-electron chi connectivity index (χ1n) is 16.2. The van der Waals surface area contributed by atoms with Gasteiger partial charge in [-0.1, -0.05) is 44.9 Å². The maximum atomic E-state index is 14.2. The van der Waals surface area contributed by atoms with E-state index in [0.717, 1.165) is 25.7 Å². The maximum Gasteiger partial charge on any atom is 0.459 e. The summed E-state index contributed by atoms with van der Waals surface area (Å²) in [6.45, 7) is 8.98. The first-order chi connectivity index (χ1) is 23.0. The van der Waals surface area contributed by atoms with Crippen LogP contribution in [0, 0.1) is 16.7 Å². The van der Waals surface area contributed by atoms with Crippen molar-refractivity contribution in [3.05, 3.63) is 41.6 Å². The second-order valence-corrected chi connectivity index (χ2v) is 13.7. The number of imidazole rings is 1. The molecule has 0 aliphatic carbocycles. The predicted molar refractivity (Wildman–Crippen MR) is 176 cm³/mol. The highest BCUT2D eigenvalue weighted by Crippen LogP contribution is 2.50. The first-order valence-corrected chi connectivity index (χ1v) is 17.7. The van der Waals surface area contributed by atoms with Gasteiger partial charge in [-0.15, -0.1) is 0 Å². The highest BCUT2D eigenvalue weighted by Gasteiger charge is 2.59. The highest BCUT2D eigenvalue weighted by molar-refractivity contribution is 7.52. The van der Waals surface area contributed by atoms with Crippen LogP contribution in [0.25, 0.3) is 16.1 Å². The number of benzene rings is 1. The summed E-state index contributed by atoms with van der Waals surface area (Å²) in [4.78, 5) is 29.1. The van der Waals surface area contributed by atoms with Crippen molar-refractivity contribution in [3.63, 3.8) is 0 Å². The number of fused-ring (bicyclic) bond motifs is 1. The number of para-hydroxylation sites is 1. The van der Waals surface area contributed by atoms with Crippen molar-refractivity contribution < 1.29 is 37.7 Å². The normalized spacial score (nSPS) is 22.7. The van der Waals surface area contributed by atoms with Gasteiger partial charge in [-0.05, 0) is 51.7 Å². The van der Waals surface area contributed by atoms with Crippen molar-refractivity contribution in [2.75, 3.05) is 32.1 Å². The summed E-state index contributed by atoms with van der Waals surface area (Å²) in [6, 6.07) is 7.27. The molecule has 0 saturated carbocycles. The fraction of sp³-hybridized carbons (Fsp3) is 0.613. The van der Waals surface area contributed by atoms with Crippen LogP contribution in [0.3, 0.4) is 0 Å². The van der Waals surface area contributed by atoms with Crippen LogP contribution < -0.4 is 20.1 Å². The van der Waals surface area contributed by atoms with Gasteiger partial charge in [-0.25, -0.2) is 9.55 Å². The van der Waals surface area contributed by atoms with E-state index in [0.29, 0.717) is 12.1 Å². The number of nitrogen functional groups attached to an aromatic ring is 1. The Hall–Kier alpha value is -3.87. The number of nitrogens with two attached hydrogens (primary N) is 1. The average molecular weight is 690 g/mol. The average Bonchev–Trinajstić information content (AvgIpc) is 3.57. The van der Waals surface area contributed by atoms with Crippen LogP contribution in [0.4, 0.5) is 5.95 Å². The molecule has 3 aromatic rings. The molecule has 1 fully saturated rings. The van der Waals surface area contributed by atoms with Crippen molar-refractivity contribution >= 4 is 30.8 Å². The standard InChI is InChI=1S/C31H46N8O8P/c1-6-12-21(13-7-2)16-44-28(41)20(4)38-48(42,47-22-14-10-9-11-15-22)45-17-23-25(40)31(5,18-35-33)29(46-23)39-19-34-24-26(39)36-30(32)37-27(24)43-8-3/h9-11,14-15,19-21,23,25,29,40H,6-8,12-13,16-18H2,1-5H3,(H,38,42)(H2,32,36,37)/q+1. The Labute approximate surface area is 279 Å². The van der Waals surface area contributed by atoms with Gasteiger partial charge in [0.1, 0.15) is 28.3 Å². The highest BCUT2D eigenvalue weighted by atomic mass is 31.2. The van der Waals surface area contributed by atoms with Crippen LogP contribution in [0.15, 0.2) is 36.7 Å².